The SMILES string of the molecule is CC(=O)ON(CC(=O)Nc1ccc(Cl)cc1C(=O)c1ccccc1)C(C)=O. The van der Waals surface area contributed by atoms with E-state index in [0.29, 0.717) is 15.6 Å². The fourth-order valence-electron chi connectivity index (χ4n) is 2.24. The predicted octanol–water partition coefficient (Wildman–Crippen LogP) is 2.84. The molecule has 7 nitrogen and oxygen atoms in total. The second-order valence-corrected chi connectivity index (χ2v) is 6.01. The van der Waals surface area contributed by atoms with Gasteiger partial charge < -0.3 is 10.2 Å². The molecule has 2 aromatic rings. The Hall–Kier alpha value is -3.19. The van der Waals surface area contributed by atoms with Crippen LogP contribution in [0.2, 0.25) is 5.02 Å². The quantitative estimate of drug-likeness (QED) is 0.628. The second-order valence-electron chi connectivity index (χ2n) is 5.57. The Morgan fingerprint density at radius 2 is 1.70 bits per heavy atom. The number of ketones is 1. The minimum atomic E-state index is -0.732. The topological polar surface area (TPSA) is 92.8 Å². The first-order valence-corrected chi connectivity index (χ1v) is 8.31. The van der Waals surface area contributed by atoms with Crippen LogP contribution in [-0.4, -0.2) is 35.2 Å². The molecule has 0 aliphatic carbocycles. The molecule has 1 N–H and O–H groups in total. The lowest BCUT2D eigenvalue weighted by molar-refractivity contribution is -0.195. The summed E-state index contributed by atoms with van der Waals surface area (Å²) in [5.41, 5.74) is 0.856. The molecule has 0 unspecified atom stereocenters. The van der Waals surface area contributed by atoms with Crippen molar-refractivity contribution in [2.45, 2.75) is 13.8 Å². The lowest BCUT2D eigenvalue weighted by atomic mass is 10.0. The highest BCUT2D eigenvalue weighted by Gasteiger charge is 2.20. The molecule has 2 rings (SSSR count). The monoisotopic (exact) mass is 388 g/mol. The standard InChI is InChI=1S/C19H17ClN2O5/c1-12(23)22(27-13(2)24)11-18(25)21-17-9-8-15(20)10-16(17)19(26)14-6-4-3-5-7-14/h3-10H,11H2,1-2H3,(H,21,25). The van der Waals surface area contributed by atoms with Crippen LogP contribution in [0.1, 0.15) is 29.8 Å². The number of nitrogens with zero attached hydrogens (tertiary/aromatic N) is 1. The van der Waals surface area contributed by atoms with Crippen LogP contribution < -0.4 is 5.32 Å². The average Bonchev–Trinajstić information content (AvgIpc) is 2.62. The van der Waals surface area contributed by atoms with Gasteiger partial charge in [0.25, 0.3) is 5.91 Å². The first-order valence-electron chi connectivity index (χ1n) is 7.93. The third-order valence-electron chi connectivity index (χ3n) is 3.41. The molecule has 27 heavy (non-hydrogen) atoms. The fourth-order valence-corrected chi connectivity index (χ4v) is 2.41. The van der Waals surface area contributed by atoms with Gasteiger partial charge in [-0.2, -0.15) is 5.06 Å². The van der Waals surface area contributed by atoms with Crippen molar-refractivity contribution in [3.05, 3.63) is 64.7 Å². The van der Waals surface area contributed by atoms with Crippen molar-refractivity contribution < 1.29 is 24.0 Å². The van der Waals surface area contributed by atoms with Crippen LogP contribution >= 0.6 is 11.6 Å². The molecule has 2 aromatic carbocycles. The molecule has 0 saturated carbocycles. The lowest BCUT2D eigenvalue weighted by Crippen LogP contribution is -2.38. The molecule has 0 aliphatic rings. The van der Waals surface area contributed by atoms with Crippen molar-refractivity contribution >= 4 is 40.9 Å². The highest BCUT2D eigenvalue weighted by atomic mass is 35.5. The van der Waals surface area contributed by atoms with E-state index < -0.39 is 24.3 Å². The zero-order valence-electron chi connectivity index (χ0n) is 14.7. The van der Waals surface area contributed by atoms with Crippen LogP contribution in [0.15, 0.2) is 48.5 Å². The number of nitrogens with one attached hydrogen (secondary N) is 1. The first-order chi connectivity index (χ1) is 12.8. The van der Waals surface area contributed by atoms with Gasteiger partial charge in [-0.15, -0.1) is 0 Å². The normalized spacial score (nSPS) is 10.0. The third-order valence-corrected chi connectivity index (χ3v) is 3.65. The molecule has 0 radical (unpaired) electrons. The van der Waals surface area contributed by atoms with E-state index in [1.165, 1.54) is 18.2 Å². The van der Waals surface area contributed by atoms with Gasteiger partial charge in [0.05, 0.1) is 5.69 Å². The molecule has 0 saturated heterocycles. The number of benzene rings is 2. The van der Waals surface area contributed by atoms with E-state index in [1.807, 2.05) is 0 Å². The van der Waals surface area contributed by atoms with Crippen LogP contribution in [0.4, 0.5) is 5.69 Å². The smallest absolute Gasteiger partial charge is 0.329 e. The largest absolute Gasteiger partial charge is 0.338 e. The van der Waals surface area contributed by atoms with E-state index in [1.54, 1.807) is 30.3 Å². The summed E-state index contributed by atoms with van der Waals surface area (Å²) in [6.07, 6.45) is 0. The van der Waals surface area contributed by atoms with Gasteiger partial charge in [-0.1, -0.05) is 41.9 Å². The number of hydroxylamine groups is 2. The number of carbonyl (C=O) groups excluding carboxylic acids is 4. The van der Waals surface area contributed by atoms with Crippen molar-refractivity contribution in [3.8, 4) is 0 Å². The van der Waals surface area contributed by atoms with Crippen molar-refractivity contribution in [1.29, 1.82) is 0 Å². The van der Waals surface area contributed by atoms with E-state index in [4.69, 9.17) is 11.6 Å². The van der Waals surface area contributed by atoms with E-state index in [2.05, 4.69) is 10.2 Å². The Bertz CT molecular complexity index is 883. The number of carbonyl (C=O) groups is 4. The lowest BCUT2D eigenvalue weighted by Gasteiger charge is -2.18. The summed E-state index contributed by atoms with van der Waals surface area (Å²) < 4.78 is 0. The van der Waals surface area contributed by atoms with Crippen LogP contribution in [0.3, 0.4) is 0 Å². The summed E-state index contributed by atoms with van der Waals surface area (Å²) >= 11 is 5.99. The molecular formula is C19H17ClN2O5. The molecule has 0 atom stereocenters. The first kappa shape index (κ1) is 20.1. The summed E-state index contributed by atoms with van der Waals surface area (Å²) in [5, 5.41) is 3.51. The zero-order chi connectivity index (χ0) is 20.0. The fraction of sp³-hybridized carbons (Fsp3) is 0.158. The van der Waals surface area contributed by atoms with E-state index in [0.717, 1.165) is 13.8 Å². The van der Waals surface area contributed by atoms with E-state index >= 15 is 0 Å². The van der Waals surface area contributed by atoms with Crippen molar-refractivity contribution in [2.24, 2.45) is 0 Å². The molecule has 140 valence electrons. The van der Waals surface area contributed by atoms with E-state index in [-0.39, 0.29) is 17.0 Å². The number of rotatable bonds is 5. The zero-order valence-corrected chi connectivity index (χ0v) is 15.4. The summed E-state index contributed by atoms with van der Waals surface area (Å²) in [6.45, 7) is 1.75. The van der Waals surface area contributed by atoms with Crippen LogP contribution in [0.25, 0.3) is 0 Å². The summed E-state index contributed by atoms with van der Waals surface area (Å²) in [7, 11) is 0. The minimum Gasteiger partial charge on any atom is -0.338 e. The van der Waals surface area contributed by atoms with Gasteiger partial charge in [0, 0.05) is 30.0 Å². The minimum absolute atomic E-state index is 0.198. The van der Waals surface area contributed by atoms with Gasteiger partial charge in [-0.25, -0.2) is 0 Å². The van der Waals surface area contributed by atoms with Gasteiger partial charge in [-0.3, -0.25) is 19.2 Å². The van der Waals surface area contributed by atoms with Gasteiger partial charge >= 0.3 is 5.97 Å². The molecule has 0 bridgehead atoms. The Morgan fingerprint density at radius 1 is 1.04 bits per heavy atom. The predicted molar refractivity (Wildman–Crippen MR) is 99.1 cm³/mol. The molecule has 0 fully saturated rings. The van der Waals surface area contributed by atoms with Crippen molar-refractivity contribution in [1.82, 2.24) is 5.06 Å². The Kier molecular flexibility index (Phi) is 6.67. The average molecular weight is 389 g/mol. The van der Waals surface area contributed by atoms with Gasteiger partial charge in [-0.05, 0) is 18.2 Å². The van der Waals surface area contributed by atoms with Crippen LogP contribution in [0, 0.1) is 0 Å². The van der Waals surface area contributed by atoms with Crippen molar-refractivity contribution in [3.63, 3.8) is 0 Å². The molecule has 0 heterocycles. The highest BCUT2D eigenvalue weighted by Crippen LogP contribution is 2.23. The number of halogens is 1. The van der Waals surface area contributed by atoms with Crippen LogP contribution in [0.5, 0.6) is 0 Å². The Balaban J connectivity index is 2.23. The Morgan fingerprint density at radius 3 is 2.30 bits per heavy atom. The van der Waals surface area contributed by atoms with E-state index in [9.17, 15) is 19.2 Å². The van der Waals surface area contributed by atoms with Crippen LogP contribution in [-0.2, 0) is 19.2 Å². The maximum atomic E-state index is 12.7. The van der Waals surface area contributed by atoms with Crippen molar-refractivity contribution in [2.75, 3.05) is 11.9 Å². The number of amides is 2. The Labute approximate surface area is 160 Å². The summed E-state index contributed by atoms with van der Waals surface area (Å²) in [5.74, 6) is -2.31. The molecular weight excluding hydrogens is 372 g/mol. The number of hydrogen-bond donors (Lipinski definition) is 1. The molecule has 8 heteroatoms. The second kappa shape index (κ2) is 8.95. The van der Waals surface area contributed by atoms with Gasteiger partial charge in [0.2, 0.25) is 5.91 Å². The van der Waals surface area contributed by atoms with Gasteiger partial charge in [0.1, 0.15) is 6.54 Å². The molecule has 0 aliphatic heterocycles. The summed E-state index contributed by atoms with van der Waals surface area (Å²) in [6, 6.07) is 13.0. The molecule has 0 aromatic heterocycles. The number of hydrogen-bond acceptors (Lipinski definition) is 5. The third kappa shape index (κ3) is 5.65. The van der Waals surface area contributed by atoms with Gasteiger partial charge in [0.15, 0.2) is 5.78 Å². The molecule has 2 amide bonds. The number of anilines is 1. The maximum Gasteiger partial charge on any atom is 0.329 e. The highest BCUT2D eigenvalue weighted by molar-refractivity contribution is 6.31. The molecule has 0 spiro atoms. The maximum absolute atomic E-state index is 12.7. The summed E-state index contributed by atoms with van der Waals surface area (Å²) in [4.78, 5) is 52.2.